The summed E-state index contributed by atoms with van der Waals surface area (Å²) < 4.78 is 44.2. The van der Waals surface area contributed by atoms with Crippen LogP contribution in [-0.4, -0.2) is 69.4 Å². The summed E-state index contributed by atoms with van der Waals surface area (Å²) in [6.07, 6.45) is -4.81. The zero-order valence-electron chi connectivity index (χ0n) is 19.5. The van der Waals surface area contributed by atoms with Crippen LogP contribution < -0.4 is 0 Å². The van der Waals surface area contributed by atoms with Crippen LogP contribution in [0.3, 0.4) is 0 Å². The van der Waals surface area contributed by atoms with Gasteiger partial charge < -0.3 is 19.4 Å². The van der Waals surface area contributed by atoms with Crippen LogP contribution in [0.2, 0.25) is 0 Å². The van der Waals surface area contributed by atoms with Crippen LogP contribution in [0, 0.1) is 0 Å². The van der Waals surface area contributed by atoms with Crippen LogP contribution in [0.5, 0.6) is 0 Å². The average Bonchev–Trinajstić information content (AvgIpc) is 3.13. The van der Waals surface area contributed by atoms with Crippen molar-refractivity contribution in [3.63, 3.8) is 0 Å². The molecule has 3 amide bonds. The molecular weight excluding hydrogens is 439 g/mol. The van der Waals surface area contributed by atoms with E-state index in [0.717, 1.165) is 12.1 Å². The highest BCUT2D eigenvalue weighted by Gasteiger charge is 2.57. The molecule has 10 heteroatoms. The van der Waals surface area contributed by atoms with Crippen molar-refractivity contribution in [3.05, 3.63) is 35.4 Å². The summed E-state index contributed by atoms with van der Waals surface area (Å²) >= 11 is 0. The monoisotopic (exact) mass is 469 g/mol. The van der Waals surface area contributed by atoms with Gasteiger partial charge in [-0.1, -0.05) is 12.1 Å². The Hall–Kier alpha value is -2.78. The number of benzene rings is 1. The smallest absolute Gasteiger partial charge is 0.416 e. The van der Waals surface area contributed by atoms with Crippen molar-refractivity contribution in [3.8, 4) is 0 Å². The Morgan fingerprint density at radius 1 is 1.12 bits per heavy atom. The zero-order valence-corrected chi connectivity index (χ0v) is 19.5. The molecule has 0 saturated carbocycles. The molecule has 1 aromatic rings. The summed E-state index contributed by atoms with van der Waals surface area (Å²) in [6.45, 7) is 8.88. The van der Waals surface area contributed by atoms with Gasteiger partial charge in [-0.2, -0.15) is 13.2 Å². The maximum absolute atomic E-state index is 13.6. The SMILES string of the molecule is CC(C)N1CC(=O)N(Cc2ccc(C(F)(F)F)cc2)C2(CCN(C(=O)OC(C)(C)C)C2)C1=O. The number of halogens is 3. The number of amides is 3. The molecule has 0 bridgehead atoms. The van der Waals surface area contributed by atoms with E-state index < -0.39 is 29.0 Å². The molecule has 2 saturated heterocycles. The van der Waals surface area contributed by atoms with Crippen molar-refractivity contribution in [2.75, 3.05) is 19.6 Å². The number of carbonyl (C=O) groups is 3. The number of likely N-dealkylation sites (tertiary alicyclic amines) is 1. The second-order valence-electron chi connectivity index (χ2n) is 9.88. The van der Waals surface area contributed by atoms with E-state index in [1.807, 2.05) is 13.8 Å². The lowest BCUT2D eigenvalue weighted by Gasteiger charge is -2.48. The first kappa shape index (κ1) is 24.9. The molecule has 0 radical (unpaired) electrons. The van der Waals surface area contributed by atoms with Gasteiger partial charge in [-0.25, -0.2) is 4.79 Å². The van der Waals surface area contributed by atoms with E-state index in [0.29, 0.717) is 5.56 Å². The maximum atomic E-state index is 13.6. The highest BCUT2D eigenvalue weighted by molar-refractivity contribution is 5.99. The molecule has 0 aromatic heterocycles. The van der Waals surface area contributed by atoms with Crippen LogP contribution in [0.25, 0.3) is 0 Å². The minimum absolute atomic E-state index is 0.0309. The molecule has 2 aliphatic heterocycles. The average molecular weight is 470 g/mol. The standard InChI is InChI=1S/C23H30F3N3O4/c1-15(2)28-13-18(30)29(12-16-6-8-17(9-7-16)23(24,25)26)22(19(28)31)10-11-27(14-22)20(32)33-21(3,4)5/h6-9,15H,10-14H2,1-5H3. The van der Waals surface area contributed by atoms with E-state index in [-0.39, 0.29) is 50.5 Å². The fourth-order valence-electron chi connectivity index (χ4n) is 4.23. The van der Waals surface area contributed by atoms with Crippen molar-refractivity contribution in [1.29, 1.82) is 0 Å². The summed E-state index contributed by atoms with van der Waals surface area (Å²) in [5.41, 5.74) is -2.33. The molecule has 7 nitrogen and oxygen atoms in total. The van der Waals surface area contributed by atoms with Crippen molar-refractivity contribution < 1.29 is 32.3 Å². The summed E-state index contributed by atoms with van der Waals surface area (Å²) in [4.78, 5) is 43.7. The molecule has 2 aliphatic rings. The summed E-state index contributed by atoms with van der Waals surface area (Å²) in [7, 11) is 0. The summed E-state index contributed by atoms with van der Waals surface area (Å²) in [5.74, 6) is -0.579. The van der Waals surface area contributed by atoms with Gasteiger partial charge in [-0.05, 0) is 58.7 Å². The lowest BCUT2D eigenvalue weighted by molar-refractivity contribution is -0.166. The van der Waals surface area contributed by atoms with Crippen molar-refractivity contribution in [2.24, 2.45) is 0 Å². The minimum Gasteiger partial charge on any atom is -0.444 e. The van der Waals surface area contributed by atoms with Gasteiger partial charge in [0, 0.05) is 19.1 Å². The molecule has 2 heterocycles. The first-order chi connectivity index (χ1) is 15.1. The second kappa shape index (κ2) is 8.53. The quantitative estimate of drug-likeness (QED) is 0.678. The lowest BCUT2D eigenvalue weighted by atomic mass is 9.89. The molecule has 2 fully saturated rings. The van der Waals surface area contributed by atoms with Gasteiger partial charge in [0.05, 0.1) is 12.1 Å². The Kier molecular flexibility index (Phi) is 6.43. The van der Waals surface area contributed by atoms with Crippen LogP contribution in [0.4, 0.5) is 18.0 Å². The third-order valence-corrected chi connectivity index (χ3v) is 5.93. The minimum atomic E-state index is -4.46. The molecule has 182 valence electrons. The van der Waals surface area contributed by atoms with Gasteiger partial charge in [-0.3, -0.25) is 9.59 Å². The lowest BCUT2D eigenvalue weighted by Crippen LogP contribution is -2.69. The molecular formula is C23H30F3N3O4. The number of piperazine rings is 1. The largest absolute Gasteiger partial charge is 0.444 e. The second-order valence-corrected chi connectivity index (χ2v) is 9.88. The molecule has 0 aliphatic carbocycles. The molecule has 3 rings (SSSR count). The van der Waals surface area contributed by atoms with Crippen LogP contribution in [0.15, 0.2) is 24.3 Å². The number of nitrogens with zero attached hydrogens (tertiary/aromatic N) is 3. The molecule has 1 aromatic carbocycles. The van der Waals surface area contributed by atoms with E-state index in [2.05, 4.69) is 0 Å². The third kappa shape index (κ3) is 5.09. The van der Waals surface area contributed by atoms with Gasteiger partial charge in [0.15, 0.2) is 0 Å². The van der Waals surface area contributed by atoms with E-state index in [9.17, 15) is 27.6 Å². The fourth-order valence-corrected chi connectivity index (χ4v) is 4.23. The molecule has 33 heavy (non-hydrogen) atoms. The summed E-state index contributed by atoms with van der Waals surface area (Å²) in [5, 5.41) is 0. The van der Waals surface area contributed by atoms with Gasteiger partial charge in [0.2, 0.25) is 5.91 Å². The number of hydrogen-bond acceptors (Lipinski definition) is 4. The van der Waals surface area contributed by atoms with E-state index >= 15 is 0 Å². The van der Waals surface area contributed by atoms with Gasteiger partial charge in [0.1, 0.15) is 17.7 Å². The topological polar surface area (TPSA) is 70.2 Å². The highest BCUT2D eigenvalue weighted by Crippen LogP contribution is 2.37. The fraction of sp³-hybridized carbons (Fsp3) is 0.609. The van der Waals surface area contributed by atoms with Crippen LogP contribution >= 0.6 is 0 Å². The number of carbonyl (C=O) groups excluding carboxylic acids is 3. The first-order valence-corrected chi connectivity index (χ1v) is 10.9. The Morgan fingerprint density at radius 3 is 2.24 bits per heavy atom. The molecule has 0 N–H and O–H groups in total. The predicted molar refractivity (Wildman–Crippen MR) is 114 cm³/mol. The van der Waals surface area contributed by atoms with Crippen molar-refractivity contribution >= 4 is 17.9 Å². The number of ether oxygens (including phenoxy) is 1. The van der Waals surface area contributed by atoms with Crippen molar-refractivity contribution in [1.82, 2.24) is 14.7 Å². The van der Waals surface area contributed by atoms with Crippen LogP contribution in [-0.2, 0) is 27.0 Å². The van der Waals surface area contributed by atoms with Gasteiger partial charge in [0.25, 0.3) is 5.91 Å². The highest BCUT2D eigenvalue weighted by atomic mass is 19.4. The van der Waals surface area contributed by atoms with E-state index in [1.54, 1.807) is 20.8 Å². The Balaban J connectivity index is 1.91. The number of rotatable bonds is 3. The first-order valence-electron chi connectivity index (χ1n) is 10.9. The normalized spacial score (nSPS) is 22.0. The maximum Gasteiger partial charge on any atom is 0.416 e. The number of hydrogen-bond donors (Lipinski definition) is 0. The molecule has 1 atom stereocenters. The Morgan fingerprint density at radius 2 is 1.73 bits per heavy atom. The Labute approximate surface area is 191 Å². The van der Waals surface area contributed by atoms with Crippen LogP contribution in [0.1, 0.15) is 52.2 Å². The van der Waals surface area contributed by atoms with Gasteiger partial charge >= 0.3 is 12.3 Å². The Bertz CT molecular complexity index is 924. The van der Waals surface area contributed by atoms with Crippen molar-refractivity contribution in [2.45, 2.75) is 70.9 Å². The van der Waals surface area contributed by atoms with E-state index in [1.165, 1.54) is 26.8 Å². The summed E-state index contributed by atoms with van der Waals surface area (Å²) in [6, 6.07) is 4.32. The third-order valence-electron chi connectivity index (χ3n) is 5.93. The molecule has 1 spiro atoms. The number of alkyl halides is 3. The molecule has 1 unspecified atom stereocenters. The zero-order chi connectivity index (χ0) is 24.8. The van der Waals surface area contributed by atoms with Gasteiger partial charge in [-0.15, -0.1) is 0 Å². The van der Waals surface area contributed by atoms with E-state index in [4.69, 9.17) is 4.74 Å². The predicted octanol–water partition coefficient (Wildman–Crippen LogP) is 3.66.